The van der Waals surface area contributed by atoms with Crippen molar-refractivity contribution >= 4 is 37.7 Å². The monoisotopic (exact) mass is 445 g/mol. The zero-order valence-corrected chi connectivity index (χ0v) is 17.5. The van der Waals surface area contributed by atoms with Crippen molar-refractivity contribution < 1.29 is 13.2 Å². The topological polar surface area (TPSA) is 64.4 Å². The van der Waals surface area contributed by atoms with Crippen molar-refractivity contribution in [1.29, 1.82) is 0 Å². The molecule has 3 rings (SSSR count). The number of nitrogens with zero attached hydrogens (tertiary/aromatic N) is 3. The van der Waals surface area contributed by atoms with Gasteiger partial charge < -0.3 is 9.30 Å². The summed E-state index contributed by atoms with van der Waals surface area (Å²) >= 11 is 5.09. The van der Waals surface area contributed by atoms with Gasteiger partial charge >= 0.3 is 0 Å². The molecule has 6 nitrogen and oxygen atoms in total. The third kappa shape index (κ3) is 3.47. The molecule has 0 unspecified atom stereocenters. The van der Waals surface area contributed by atoms with Gasteiger partial charge in [-0.05, 0) is 47.5 Å². The fraction of sp³-hybridized carbons (Fsp3) is 0.438. The highest BCUT2D eigenvalue weighted by Crippen LogP contribution is 2.42. The second-order valence-electron chi connectivity index (χ2n) is 5.65. The number of aryl methyl sites for hydroxylation is 2. The highest BCUT2D eigenvalue weighted by Gasteiger charge is 2.38. The Morgan fingerprint density at radius 3 is 2.80 bits per heavy atom. The largest absolute Gasteiger partial charge is 0.496 e. The lowest BCUT2D eigenvalue weighted by molar-refractivity contribution is 0.410. The first-order valence-electron chi connectivity index (χ1n) is 7.89. The Labute approximate surface area is 160 Å². The highest BCUT2D eigenvalue weighted by molar-refractivity contribution is 9.10. The summed E-state index contributed by atoms with van der Waals surface area (Å²) in [5.74, 6) is 2.18. The maximum absolute atomic E-state index is 13.1. The molecule has 25 heavy (non-hydrogen) atoms. The van der Waals surface area contributed by atoms with Crippen LogP contribution >= 0.6 is 27.7 Å². The molecule has 0 spiro atoms. The van der Waals surface area contributed by atoms with Crippen LogP contribution in [0, 0.1) is 6.92 Å². The van der Waals surface area contributed by atoms with Gasteiger partial charge in [-0.15, -0.1) is 11.8 Å². The number of thioether (sulfide) groups is 1. The molecule has 2 aromatic rings. The van der Waals surface area contributed by atoms with Crippen LogP contribution < -0.4 is 4.74 Å². The van der Waals surface area contributed by atoms with Crippen LogP contribution in [0.3, 0.4) is 0 Å². The fourth-order valence-electron chi connectivity index (χ4n) is 2.84. The number of rotatable bonds is 5. The summed E-state index contributed by atoms with van der Waals surface area (Å²) < 4.78 is 35.7. The predicted molar refractivity (Wildman–Crippen MR) is 102 cm³/mol. The Balaban J connectivity index is 1.96. The van der Waals surface area contributed by atoms with Crippen molar-refractivity contribution in [3.8, 4) is 5.75 Å². The van der Waals surface area contributed by atoms with Gasteiger partial charge in [0.15, 0.2) is 5.03 Å². The van der Waals surface area contributed by atoms with E-state index in [2.05, 4.69) is 20.9 Å². The number of hydrogen-bond acceptors (Lipinski definition) is 5. The molecule has 1 aliphatic heterocycles. The van der Waals surface area contributed by atoms with Gasteiger partial charge in [0.2, 0.25) is 0 Å². The van der Waals surface area contributed by atoms with Crippen LogP contribution in [0.1, 0.15) is 23.7 Å². The number of aromatic nitrogens is 2. The first-order valence-corrected chi connectivity index (χ1v) is 11.2. The summed E-state index contributed by atoms with van der Waals surface area (Å²) in [6, 6.07) is 5.67. The standard InChI is InChI=1S/C16H20BrN3O3S2/c1-4-19-10-15(18-11(19)2)25(21,22)20-7-8-24-16(20)12-5-6-14(23-3)13(17)9-12/h5-6,9-10,16H,4,7-8H2,1-3H3/t16-/m0/s1. The first kappa shape index (κ1) is 18.8. The van der Waals surface area contributed by atoms with Crippen molar-refractivity contribution in [3.05, 3.63) is 40.3 Å². The summed E-state index contributed by atoms with van der Waals surface area (Å²) in [7, 11) is -2.04. The molecular weight excluding hydrogens is 426 g/mol. The van der Waals surface area contributed by atoms with E-state index in [1.807, 2.05) is 36.6 Å². The summed E-state index contributed by atoms with van der Waals surface area (Å²) in [6.07, 6.45) is 1.62. The molecule has 0 aliphatic carbocycles. The van der Waals surface area contributed by atoms with E-state index in [-0.39, 0.29) is 10.4 Å². The molecule has 1 aliphatic rings. The summed E-state index contributed by atoms with van der Waals surface area (Å²) in [6.45, 7) is 4.95. The van der Waals surface area contributed by atoms with Gasteiger partial charge in [0.25, 0.3) is 10.0 Å². The molecule has 1 saturated heterocycles. The van der Waals surface area contributed by atoms with Crippen LogP contribution in [0.25, 0.3) is 0 Å². The molecule has 0 radical (unpaired) electrons. The van der Waals surface area contributed by atoms with Gasteiger partial charge in [-0.1, -0.05) is 6.07 Å². The Hall–Kier alpha value is -1.03. The Bertz CT molecular complexity index is 883. The Kier molecular flexibility index (Phi) is 5.48. The highest BCUT2D eigenvalue weighted by atomic mass is 79.9. The van der Waals surface area contributed by atoms with Crippen LogP contribution in [-0.2, 0) is 16.6 Å². The number of hydrogen-bond donors (Lipinski definition) is 0. The van der Waals surface area contributed by atoms with Crippen molar-refractivity contribution in [2.75, 3.05) is 19.4 Å². The maximum atomic E-state index is 13.1. The van der Waals surface area contributed by atoms with E-state index in [9.17, 15) is 8.42 Å². The summed E-state index contributed by atoms with van der Waals surface area (Å²) in [5, 5.41) is -0.147. The summed E-state index contributed by atoms with van der Waals surface area (Å²) in [5.41, 5.74) is 0.922. The zero-order valence-electron chi connectivity index (χ0n) is 14.3. The SMILES string of the molecule is CCn1cc(S(=O)(=O)N2CCS[C@H]2c2ccc(OC)c(Br)c2)nc1C. The molecule has 1 atom stereocenters. The van der Waals surface area contributed by atoms with Gasteiger partial charge in [0.1, 0.15) is 11.6 Å². The molecule has 136 valence electrons. The molecule has 0 bridgehead atoms. The minimum atomic E-state index is -3.64. The maximum Gasteiger partial charge on any atom is 0.263 e. The number of sulfonamides is 1. The second-order valence-corrected chi connectivity index (χ2v) is 9.53. The van der Waals surface area contributed by atoms with Crippen molar-refractivity contribution in [1.82, 2.24) is 13.9 Å². The van der Waals surface area contributed by atoms with Crippen LogP contribution in [0.2, 0.25) is 0 Å². The van der Waals surface area contributed by atoms with Gasteiger partial charge in [-0.2, -0.15) is 4.31 Å². The van der Waals surface area contributed by atoms with Gasteiger partial charge in [0.05, 0.1) is 17.0 Å². The van der Waals surface area contributed by atoms with Crippen LogP contribution in [0.4, 0.5) is 0 Å². The molecule has 1 aromatic heterocycles. The normalized spacial score (nSPS) is 18.6. The number of benzene rings is 1. The number of halogens is 1. The Morgan fingerprint density at radius 1 is 1.44 bits per heavy atom. The fourth-order valence-corrected chi connectivity index (χ4v) is 6.63. The third-order valence-corrected chi connectivity index (χ3v) is 7.93. The second kappa shape index (κ2) is 7.30. The van der Waals surface area contributed by atoms with Crippen molar-refractivity contribution in [2.24, 2.45) is 0 Å². The van der Waals surface area contributed by atoms with Crippen molar-refractivity contribution in [2.45, 2.75) is 30.8 Å². The molecule has 0 saturated carbocycles. The predicted octanol–water partition coefficient (Wildman–Crippen LogP) is 3.42. The number of methoxy groups -OCH3 is 1. The molecule has 0 amide bonds. The van der Waals surface area contributed by atoms with Crippen LogP contribution in [0.15, 0.2) is 33.9 Å². The summed E-state index contributed by atoms with van der Waals surface area (Å²) in [4.78, 5) is 4.27. The van der Waals surface area contributed by atoms with Crippen LogP contribution in [-0.4, -0.2) is 41.7 Å². The van der Waals surface area contributed by atoms with Gasteiger partial charge in [-0.3, -0.25) is 0 Å². The number of imidazole rings is 1. The molecule has 0 N–H and O–H groups in total. The molecular formula is C16H20BrN3O3S2. The van der Waals surface area contributed by atoms with Gasteiger partial charge in [0, 0.05) is 25.0 Å². The average Bonchev–Trinajstić information content (AvgIpc) is 3.21. The number of ether oxygens (including phenoxy) is 1. The molecule has 9 heteroatoms. The average molecular weight is 446 g/mol. The molecule has 2 heterocycles. The lowest BCUT2D eigenvalue weighted by Crippen LogP contribution is -2.30. The van der Waals surface area contributed by atoms with Crippen molar-refractivity contribution in [3.63, 3.8) is 0 Å². The lowest BCUT2D eigenvalue weighted by Gasteiger charge is -2.23. The quantitative estimate of drug-likeness (QED) is 0.705. The van der Waals surface area contributed by atoms with Gasteiger partial charge in [-0.25, -0.2) is 13.4 Å². The smallest absolute Gasteiger partial charge is 0.263 e. The van der Waals surface area contributed by atoms with E-state index in [4.69, 9.17) is 4.74 Å². The third-order valence-electron chi connectivity index (χ3n) is 4.18. The van der Waals surface area contributed by atoms with E-state index in [1.54, 1.807) is 25.1 Å². The van der Waals surface area contributed by atoms with E-state index < -0.39 is 10.0 Å². The van der Waals surface area contributed by atoms with E-state index in [1.165, 1.54) is 4.31 Å². The van der Waals surface area contributed by atoms with E-state index >= 15 is 0 Å². The van der Waals surface area contributed by atoms with E-state index in [0.29, 0.717) is 18.9 Å². The minimum Gasteiger partial charge on any atom is -0.496 e. The first-order chi connectivity index (χ1) is 11.9. The van der Waals surface area contributed by atoms with Crippen LogP contribution in [0.5, 0.6) is 5.75 Å². The minimum absolute atomic E-state index is 0.118. The molecule has 1 aromatic carbocycles. The molecule has 1 fully saturated rings. The Morgan fingerprint density at radius 2 is 2.20 bits per heavy atom. The van der Waals surface area contributed by atoms with E-state index in [0.717, 1.165) is 21.5 Å². The lowest BCUT2D eigenvalue weighted by atomic mass is 10.2. The zero-order chi connectivity index (χ0) is 18.2.